The smallest absolute Gasteiger partial charge is 0.433 e. The van der Waals surface area contributed by atoms with E-state index in [4.69, 9.17) is 9.47 Å². The first kappa shape index (κ1) is 15.9. The number of nitrogens with zero attached hydrogens (tertiary/aromatic N) is 2. The molecule has 1 aromatic carbocycles. The lowest BCUT2D eigenvalue weighted by molar-refractivity contribution is -0.141. The predicted molar refractivity (Wildman–Crippen MR) is 74.6 cm³/mol. The van der Waals surface area contributed by atoms with Crippen molar-refractivity contribution < 1.29 is 22.6 Å². The molecule has 0 fully saturated rings. The van der Waals surface area contributed by atoms with Crippen LogP contribution in [-0.4, -0.2) is 24.2 Å². The van der Waals surface area contributed by atoms with E-state index in [-0.39, 0.29) is 5.95 Å². The Morgan fingerprint density at radius 1 is 1.09 bits per heavy atom. The van der Waals surface area contributed by atoms with Gasteiger partial charge in [-0.2, -0.15) is 13.2 Å². The molecule has 0 saturated heterocycles. The minimum atomic E-state index is -4.52. The van der Waals surface area contributed by atoms with Crippen LogP contribution in [0.1, 0.15) is 11.3 Å². The van der Waals surface area contributed by atoms with Gasteiger partial charge in [-0.3, -0.25) is 0 Å². The summed E-state index contributed by atoms with van der Waals surface area (Å²) in [5.74, 6) is 0.822. The topological polar surface area (TPSA) is 56.3 Å². The van der Waals surface area contributed by atoms with Crippen LogP contribution < -0.4 is 14.8 Å². The second-order valence-corrected chi connectivity index (χ2v) is 4.41. The number of hydrogen-bond donors (Lipinski definition) is 1. The number of methoxy groups -OCH3 is 2. The highest BCUT2D eigenvalue weighted by Gasteiger charge is 2.32. The molecule has 1 N–H and O–H groups in total. The average molecular weight is 313 g/mol. The molecule has 0 amide bonds. The molecule has 0 unspecified atom stereocenters. The first-order valence-corrected chi connectivity index (χ1v) is 6.25. The average Bonchev–Trinajstić information content (AvgIpc) is 2.48. The zero-order valence-electron chi connectivity index (χ0n) is 12.2. The van der Waals surface area contributed by atoms with E-state index in [1.165, 1.54) is 14.2 Å². The minimum absolute atomic E-state index is 0.148. The third-order valence-electron chi connectivity index (χ3n) is 2.92. The maximum Gasteiger partial charge on any atom is 0.433 e. The molecule has 0 radical (unpaired) electrons. The number of benzene rings is 1. The maximum absolute atomic E-state index is 12.6. The van der Waals surface area contributed by atoms with E-state index in [0.29, 0.717) is 17.2 Å². The van der Waals surface area contributed by atoms with Gasteiger partial charge in [-0.05, 0) is 24.6 Å². The quantitative estimate of drug-likeness (QED) is 0.935. The lowest BCUT2D eigenvalue weighted by atomic mass is 10.1. The molecular formula is C14H14F3N3O2. The number of anilines is 2. The van der Waals surface area contributed by atoms with Gasteiger partial charge in [-0.15, -0.1) is 0 Å². The predicted octanol–water partition coefficient (Wildman–Crippen LogP) is 3.56. The third-order valence-corrected chi connectivity index (χ3v) is 2.92. The zero-order valence-corrected chi connectivity index (χ0v) is 12.2. The molecule has 0 aliphatic rings. The van der Waals surface area contributed by atoms with Crippen LogP contribution in [0.3, 0.4) is 0 Å². The van der Waals surface area contributed by atoms with E-state index in [1.807, 2.05) is 0 Å². The van der Waals surface area contributed by atoms with Crippen molar-refractivity contribution in [3.8, 4) is 11.5 Å². The summed E-state index contributed by atoms with van der Waals surface area (Å²) in [4.78, 5) is 7.25. The molecule has 2 rings (SSSR count). The van der Waals surface area contributed by atoms with Crippen molar-refractivity contribution >= 4 is 11.6 Å². The van der Waals surface area contributed by atoms with Gasteiger partial charge in [0.25, 0.3) is 0 Å². The number of ether oxygens (including phenoxy) is 2. The van der Waals surface area contributed by atoms with E-state index in [1.54, 1.807) is 19.1 Å². The van der Waals surface area contributed by atoms with Crippen LogP contribution >= 0.6 is 0 Å². The van der Waals surface area contributed by atoms with Crippen LogP contribution in [-0.2, 0) is 6.18 Å². The van der Waals surface area contributed by atoms with Gasteiger partial charge < -0.3 is 14.8 Å². The SMILES string of the molecule is COc1cc(C)c(Nc2nccc(C(F)(F)F)n2)cc1OC. The van der Waals surface area contributed by atoms with Crippen molar-refractivity contribution in [3.63, 3.8) is 0 Å². The normalized spacial score (nSPS) is 11.2. The molecule has 0 bridgehead atoms. The van der Waals surface area contributed by atoms with Crippen molar-refractivity contribution in [2.24, 2.45) is 0 Å². The first-order valence-electron chi connectivity index (χ1n) is 6.25. The van der Waals surface area contributed by atoms with Gasteiger partial charge in [-0.25, -0.2) is 9.97 Å². The lowest BCUT2D eigenvalue weighted by Gasteiger charge is -2.14. The molecular weight excluding hydrogens is 299 g/mol. The molecule has 1 heterocycles. The Morgan fingerprint density at radius 2 is 1.73 bits per heavy atom. The van der Waals surface area contributed by atoms with Gasteiger partial charge in [0.15, 0.2) is 11.5 Å². The number of nitrogens with one attached hydrogen (secondary N) is 1. The molecule has 0 saturated carbocycles. The summed E-state index contributed by atoms with van der Waals surface area (Å²) in [6, 6.07) is 4.12. The monoisotopic (exact) mass is 313 g/mol. The van der Waals surface area contributed by atoms with E-state index < -0.39 is 11.9 Å². The van der Waals surface area contributed by atoms with Crippen molar-refractivity contribution in [2.75, 3.05) is 19.5 Å². The molecule has 0 aliphatic carbocycles. The summed E-state index contributed by atoms with van der Waals surface area (Å²) in [5, 5.41) is 2.75. The highest BCUT2D eigenvalue weighted by atomic mass is 19.4. The number of aryl methyl sites for hydroxylation is 1. The van der Waals surface area contributed by atoms with Gasteiger partial charge >= 0.3 is 6.18 Å². The van der Waals surface area contributed by atoms with Gasteiger partial charge in [0.05, 0.1) is 14.2 Å². The Hall–Kier alpha value is -2.51. The fraction of sp³-hybridized carbons (Fsp3) is 0.286. The molecule has 1 aromatic heterocycles. The van der Waals surface area contributed by atoms with Crippen molar-refractivity contribution in [2.45, 2.75) is 13.1 Å². The number of alkyl halides is 3. The van der Waals surface area contributed by atoms with E-state index in [9.17, 15) is 13.2 Å². The van der Waals surface area contributed by atoms with Crippen LogP contribution in [0.15, 0.2) is 24.4 Å². The summed E-state index contributed by atoms with van der Waals surface area (Å²) in [6.07, 6.45) is -3.47. The summed E-state index contributed by atoms with van der Waals surface area (Å²) in [7, 11) is 2.97. The standard InChI is InChI=1S/C14H14F3N3O2/c1-8-6-10(21-2)11(22-3)7-9(8)19-13-18-5-4-12(20-13)14(15,16)17/h4-7H,1-3H3,(H,18,19,20). The van der Waals surface area contributed by atoms with Crippen molar-refractivity contribution in [3.05, 3.63) is 35.7 Å². The van der Waals surface area contributed by atoms with Crippen LogP contribution in [0.5, 0.6) is 11.5 Å². The van der Waals surface area contributed by atoms with E-state index >= 15 is 0 Å². The Bertz CT molecular complexity index is 675. The molecule has 22 heavy (non-hydrogen) atoms. The summed E-state index contributed by atoms with van der Waals surface area (Å²) >= 11 is 0. The van der Waals surface area contributed by atoms with Crippen LogP contribution in [0, 0.1) is 6.92 Å². The second kappa shape index (κ2) is 6.08. The zero-order chi connectivity index (χ0) is 16.3. The Morgan fingerprint density at radius 3 is 2.32 bits per heavy atom. The number of halogens is 3. The summed E-state index contributed by atoms with van der Waals surface area (Å²) < 4.78 is 48.3. The largest absolute Gasteiger partial charge is 0.493 e. The highest BCUT2D eigenvalue weighted by molar-refractivity contribution is 5.64. The van der Waals surface area contributed by atoms with Crippen LogP contribution in [0.4, 0.5) is 24.8 Å². The minimum Gasteiger partial charge on any atom is -0.493 e. The summed E-state index contributed by atoms with van der Waals surface area (Å²) in [5.41, 5.74) is 0.263. The molecule has 0 atom stereocenters. The molecule has 0 aliphatic heterocycles. The van der Waals surface area contributed by atoms with Crippen LogP contribution in [0.25, 0.3) is 0 Å². The lowest BCUT2D eigenvalue weighted by Crippen LogP contribution is -2.10. The Kier molecular flexibility index (Phi) is 4.39. The van der Waals surface area contributed by atoms with Gasteiger partial charge in [0.1, 0.15) is 5.69 Å². The molecule has 0 spiro atoms. The second-order valence-electron chi connectivity index (χ2n) is 4.41. The van der Waals surface area contributed by atoms with Gasteiger partial charge in [-0.1, -0.05) is 0 Å². The maximum atomic E-state index is 12.6. The number of hydrogen-bond acceptors (Lipinski definition) is 5. The fourth-order valence-electron chi connectivity index (χ4n) is 1.81. The van der Waals surface area contributed by atoms with Crippen molar-refractivity contribution in [1.29, 1.82) is 0 Å². The first-order chi connectivity index (χ1) is 10.3. The third kappa shape index (κ3) is 3.38. The van der Waals surface area contributed by atoms with Gasteiger partial charge in [0, 0.05) is 18.0 Å². The van der Waals surface area contributed by atoms with E-state index in [2.05, 4.69) is 15.3 Å². The van der Waals surface area contributed by atoms with Crippen molar-refractivity contribution in [1.82, 2.24) is 9.97 Å². The molecule has 5 nitrogen and oxygen atoms in total. The van der Waals surface area contributed by atoms with Gasteiger partial charge in [0.2, 0.25) is 5.95 Å². The highest BCUT2D eigenvalue weighted by Crippen LogP contribution is 2.34. The Balaban J connectivity index is 2.35. The number of rotatable bonds is 4. The summed E-state index contributed by atoms with van der Waals surface area (Å²) in [6.45, 7) is 1.78. The molecule has 118 valence electrons. The Labute approximate surface area is 125 Å². The molecule has 8 heteroatoms. The molecule has 2 aromatic rings. The van der Waals surface area contributed by atoms with Crippen LogP contribution in [0.2, 0.25) is 0 Å². The van der Waals surface area contributed by atoms with E-state index in [0.717, 1.165) is 17.8 Å². The number of aromatic nitrogens is 2. The fourth-order valence-corrected chi connectivity index (χ4v) is 1.81.